The average molecular weight is 752 g/mol. The Morgan fingerprint density at radius 1 is 1.26 bits per heavy atom. The van der Waals surface area contributed by atoms with Crippen molar-refractivity contribution in [2.45, 2.75) is 100 Å². The molecule has 1 unspecified atom stereocenters. The first-order chi connectivity index (χ1) is 22.6. The van der Waals surface area contributed by atoms with Crippen molar-refractivity contribution in [1.82, 2.24) is 10.6 Å². The van der Waals surface area contributed by atoms with Gasteiger partial charge in [-0.15, -0.1) is 6.58 Å². The molecular formula is C38H49FIN6O-. The number of amides is 1. The molecule has 2 aromatic carbocycles. The number of rotatable bonds is 13. The zero-order valence-corrected chi connectivity index (χ0v) is 30.0. The number of halogens is 2. The SMILES string of the molecule is C=C[C@H](C[C@@H]1CCC[C@@H](c2ccc(CC(=O)NC3=NC(c4cc(CCC[C@H](C)N)cc(C5C[I-]5)c4F)=C/C3=C/C)cc2)N1)N=C(C)N. The molecule has 0 bridgehead atoms. The van der Waals surface area contributed by atoms with Crippen LogP contribution in [0, 0.1) is 5.82 Å². The normalized spacial score (nSPS) is 23.4. The number of carbonyl (C=O) groups excluding carboxylic acids is 1. The first-order valence-electron chi connectivity index (χ1n) is 16.8. The van der Waals surface area contributed by atoms with Crippen LogP contribution in [0.15, 0.2) is 76.8 Å². The van der Waals surface area contributed by atoms with E-state index < -0.39 is 0 Å². The van der Waals surface area contributed by atoms with E-state index in [4.69, 9.17) is 16.5 Å². The van der Waals surface area contributed by atoms with Gasteiger partial charge in [-0.25, -0.2) is 0 Å². The van der Waals surface area contributed by atoms with Gasteiger partial charge < -0.3 is 11.1 Å². The van der Waals surface area contributed by atoms with Gasteiger partial charge in [0.15, 0.2) is 0 Å². The molecule has 0 saturated carbocycles. The summed E-state index contributed by atoms with van der Waals surface area (Å²) < 4.78 is 17.3. The Hall–Kier alpha value is -3.15. The summed E-state index contributed by atoms with van der Waals surface area (Å²) in [5, 5.41) is 6.78. The number of nitrogens with zero attached hydrogens (tertiary/aromatic N) is 2. The van der Waals surface area contributed by atoms with E-state index in [0.29, 0.717) is 32.9 Å². The standard InChI is InChI=1S/C38H49FIN6O/c1-5-27-20-35(32-18-26(10-7-9-23(3)41)17-31(37(32)39)33-22-40-33)45-38(27)46-36(47)19-25-13-15-28(16-14-25)34-12-8-11-30(44-34)21-29(6-2)43-24(4)42/h5-6,13-18,20,23,29-30,33-34,44H,2,7-12,19,21-22,41H2,1,3-4H3,(H2,42,43)(H,45,46,47)/q-1/b27-5-/t23-,29+,30-,33?,34-/m0/s1. The van der Waals surface area contributed by atoms with E-state index in [1.54, 1.807) is 0 Å². The second-order valence-corrected chi connectivity index (χ2v) is 16.3. The zero-order chi connectivity index (χ0) is 33.5. The first-order valence-corrected chi connectivity index (χ1v) is 19.6. The molecule has 7 nitrogen and oxygen atoms in total. The van der Waals surface area contributed by atoms with Crippen LogP contribution in [0.25, 0.3) is 5.70 Å². The smallest absolute Gasteiger partial charge is 0.388 e. The molecule has 0 spiro atoms. The van der Waals surface area contributed by atoms with Crippen molar-refractivity contribution in [2.75, 3.05) is 4.43 Å². The van der Waals surface area contributed by atoms with Crippen LogP contribution >= 0.6 is 0 Å². The number of amidine groups is 2. The molecular weight excluding hydrogens is 702 g/mol. The van der Waals surface area contributed by atoms with Crippen LogP contribution in [0.5, 0.6) is 0 Å². The van der Waals surface area contributed by atoms with Crippen molar-refractivity contribution in [3.8, 4) is 0 Å². The fraction of sp³-hybridized carbons (Fsp3) is 0.447. The summed E-state index contributed by atoms with van der Waals surface area (Å²) in [6.07, 6.45) is 12.8. The second-order valence-electron chi connectivity index (χ2n) is 13.0. The number of piperidine rings is 1. The number of aliphatic imine (C=N–C) groups is 2. The van der Waals surface area contributed by atoms with Crippen LogP contribution in [0.4, 0.5) is 4.39 Å². The minimum atomic E-state index is -0.167. The van der Waals surface area contributed by atoms with Gasteiger partial charge in [-0.1, -0.05) is 24.6 Å². The van der Waals surface area contributed by atoms with Crippen LogP contribution in [-0.2, 0) is 17.6 Å². The third kappa shape index (κ3) is 9.70. The van der Waals surface area contributed by atoms with Crippen LogP contribution < -0.4 is 43.3 Å². The molecule has 6 N–H and O–H groups in total. The molecule has 3 aliphatic rings. The van der Waals surface area contributed by atoms with Crippen molar-refractivity contribution in [2.24, 2.45) is 21.5 Å². The summed E-state index contributed by atoms with van der Waals surface area (Å²) in [6, 6.07) is 13.0. The Morgan fingerprint density at radius 2 is 2.02 bits per heavy atom. The fourth-order valence-corrected chi connectivity index (χ4v) is 8.11. The molecule has 3 aliphatic heterocycles. The molecule has 1 amide bonds. The van der Waals surface area contributed by atoms with Gasteiger partial charge >= 0.3 is 188 Å². The van der Waals surface area contributed by atoms with E-state index in [2.05, 4.69) is 40.4 Å². The van der Waals surface area contributed by atoms with Crippen LogP contribution in [0.2, 0.25) is 0 Å². The Labute approximate surface area is 289 Å². The second kappa shape index (κ2) is 16.3. The summed E-state index contributed by atoms with van der Waals surface area (Å²) in [5.74, 6) is 0.726. The van der Waals surface area contributed by atoms with Gasteiger partial charge in [0.05, 0.1) is 11.9 Å². The van der Waals surface area contributed by atoms with Gasteiger partial charge in [0.25, 0.3) is 0 Å². The Balaban J connectivity index is 1.22. The van der Waals surface area contributed by atoms with Gasteiger partial charge in [-0.05, 0) is 31.7 Å². The molecule has 5 atom stereocenters. The minimum absolute atomic E-state index is 0.0111. The number of alkyl halides is 2. The monoisotopic (exact) mass is 751 g/mol. The number of hydrogen-bond donors (Lipinski definition) is 4. The molecule has 2 saturated heterocycles. The third-order valence-electron chi connectivity index (χ3n) is 8.97. The van der Waals surface area contributed by atoms with Crippen molar-refractivity contribution < 1.29 is 30.4 Å². The number of nitrogens with two attached hydrogens (primary N) is 2. The van der Waals surface area contributed by atoms with Crippen molar-refractivity contribution in [3.05, 3.63) is 100 Å². The van der Waals surface area contributed by atoms with E-state index in [1.807, 2.05) is 57.2 Å². The predicted octanol–water partition coefficient (Wildman–Crippen LogP) is 3.20. The van der Waals surface area contributed by atoms with E-state index in [-0.39, 0.29) is 57.5 Å². The third-order valence-corrected chi connectivity index (χ3v) is 11.4. The summed E-state index contributed by atoms with van der Waals surface area (Å²) in [6.45, 7) is 9.66. The summed E-state index contributed by atoms with van der Waals surface area (Å²) in [4.78, 5) is 22.4. The van der Waals surface area contributed by atoms with Gasteiger partial charge in [0.1, 0.15) is 0 Å². The van der Waals surface area contributed by atoms with E-state index in [9.17, 15) is 4.79 Å². The molecule has 2 fully saturated rings. The number of aryl methyl sites for hydroxylation is 1. The molecule has 9 heteroatoms. The number of allylic oxidation sites excluding steroid dienone is 1. The van der Waals surface area contributed by atoms with Gasteiger partial charge in [-0.3, -0.25) is 4.99 Å². The molecule has 5 rings (SSSR count). The molecule has 2 aromatic rings. The van der Waals surface area contributed by atoms with E-state index in [1.165, 1.54) is 5.56 Å². The van der Waals surface area contributed by atoms with Crippen LogP contribution in [0.1, 0.15) is 97.1 Å². The number of hydrogen-bond acceptors (Lipinski definition) is 5. The molecule has 0 aromatic heterocycles. The average Bonchev–Trinajstić information content (AvgIpc) is 3.81. The minimum Gasteiger partial charge on any atom is -0.388 e. The molecule has 0 aliphatic carbocycles. The van der Waals surface area contributed by atoms with E-state index in [0.717, 1.165) is 71.6 Å². The maximum atomic E-state index is 15.8. The fourth-order valence-electron chi connectivity index (χ4n) is 6.45. The Bertz CT molecular complexity index is 1570. The van der Waals surface area contributed by atoms with Gasteiger partial charge in [-0.2, -0.15) is 0 Å². The molecule has 47 heavy (non-hydrogen) atoms. The molecule has 252 valence electrons. The molecule has 3 heterocycles. The van der Waals surface area contributed by atoms with Crippen molar-refractivity contribution >= 4 is 23.3 Å². The van der Waals surface area contributed by atoms with Crippen molar-refractivity contribution in [3.63, 3.8) is 0 Å². The van der Waals surface area contributed by atoms with Gasteiger partial charge in [0.2, 0.25) is 0 Å². The summed E-state index contributed by atoms with van der Waals surface area (Å²) in [7, 11) is 0. The number of nitrogens with one attached hydrogen (secondary N) is 2. The van der Waals surface area contributed by atoms with Crippen molar-refractivity contribution in [1.29, 1.82) is 0 Å². The number of carbonyl (C=O) groups is 1. The molecule has 0 radical (unpaired) electrons. The summed E-state index contributed by atoms with van der Waals surface area (Å²) >= 11 is 0.0433. The maximum absolute atomic E-state index is 15.8. The zero-order valence-electron chi connectivity index (χ0n) is 27.9. The summed E-state index contributed by atoms with van der Waals surface area (Å²) in [5.41, 5.74) is 17.7. The topological polar surface area (TPSA) is 118 Å². The van der Waals surface area contributed by atoms with E-state index >= 15 is 4.39 Å². The predicted molar refractivity (Wildman–Crippen MR) is 187 cm³/mol. The van der Waals surface area contributed by atoms with Crippen LogP contribution in [-0.4, -0.2) is 40.1 Å². The van der Waals surface area contributed by atoms with Crippen LogP contribution in [0.3, 0.4) is 0 Å². The quantitative estimate of drug-likeness (QED) is 0.0828. The first kappa shape index (κ1) is 35.2. The number of benzene rings is 2. The van der Waals surface area contributed by atoms with Gasteiger partial charge in [0, 0.05) is 12.1 Å². The Morgan fingerprint density at radius 3 is 2.68 bits per heavy atom. The Kier molecular flexibility index (Phi) is 12.2.